The fourth-order valence-corrected chi connectivity index (χ4v) is 3.36. The molecular formula is C16H31N3O3. The summed E-state index contributed by atoms with van der Waals surface area (Å²) in [5.74, 6) is 1.12. The van der Waals surface area contributed by atoms with Gasteiger partial charge in [-0.1, -0.05) is 6.42 Å². The minimum Gasteiger partial charge on any atom is -0.396 e. The number of aliphatic hydroxyl groups excluding tert-OH is 2. The van der Waals surface area contributed by atoms with E-state index in [4.69, 9.17) is 9.73 Å². The van der Waals surface area contributed by atoms with E-state index in [0.717, 1.165) is 57.8 Å². The van der Waals surface area contributed by atoms with E-state index >= 15 is 0 Å². The van der Waals surface area contributed by atoms with Gasteiger partial charge in [-0.3, -0.25) is 4.99 Å². The minimum atomic E-state index is -0.181. The van der Waals surface area contributed by atoms with E-state index in [0.29, 0.717) is 19.1 Å². The maximum absolute atomic E-state index is 9.90. The number of hydrogen-bond acceptors (Lipinski definition) is 4. The van der Waals surface area contributed by atoms with E-state index in [1.807, 2.05) is 6.92 Å². The Morgan fingerprint density at radius 2 is 2.23 bits per heavy atom. The van der Waals surface area contributed by atoms with Crippen molar-refractivity contribution < 1.29 is 14.9 Å². The first-order valence-corrected chi connectivity index (χ1v) is 8.58. The Hall–Kier alpha value is -0.850. The normalized spacial score (nSPS) is 32.4. The molecule has 4 N–H and O–H groups in total. The van der Waals surface area contributed by atoms with Crippen LogP contribution in [0.15, 0.2) is 4.99 Å². The highest BCUT2D eigenvalue weighted by atomic mass is 16.5. The Morgan fingerprint density at radius 1 is 1.36 bits per heavy atom. The van der Waals surface area contributed by atoms with Gasteiger partial charge in [-0.25, -0.2) is 0 Å². The number of hydrogen-bond donors (Lipinski definition) is 4. The smallest absolute Gasteiger partial charge is 0.191 e. The lowest BCUT2D eigenvalue weighted by atomic mass is 9.84. The summed E-state index contributed by atoms with van der Waals surface area (Å²) in [5.41, 5.74) is -0.0238. The van der Waals surface area contributed by atoms with Gasteiger partial charge in [-0.2, -0.15) is 0 Å². The first-order chi connectivity index (χ1) is 10.7. The van der Waals surface area contributed by atoms with Crippen LogP contribution in [0, 0.1) is 11.3 Å². The first-order valence-electron chi connectivity index (χ1n) is 8.58. The molecule has 0 aromatic carbocycles. The lowest BCUT2D eigenvalue weighted by Crippen LogP contribution is -2.42. The van der Waals surface area contributed by atoms with Crippen LogP contribution >= 0.6 is 0 Å². The highest BCUT2D eigenvalue weighted by Crippen LogP contribution is 2.32. The lowest BCUT2D eigenvalue weighted by molar-refractivity contribution is 0.130. The molecule has 6 heteroatoms. The average molecular weight is 313 g/mol. The van der Waals surface area contributed by atoms with Crippen molar-refractivity contribution in [1.82, 2.24) is 10.6 Å². The SMILES string of the molecule is CCNC(=NCC1(CCO)CCOC1)NCC1CCCC1O. The second-order valence-corrected chi connectivity index (χ2v) is 6.61. The largest absolute Gasteiger partial charge is 0.396 e. The van der Waals surface area contributed by atoms with Crippen LogP contribution in [0.4, 0.5) is 0 Å². The summed E-state index contributed by atoms with van der Waals surface area (Å²) in [4.78, 5) is 4.69. The molecule has 128 valence electrons. The van der Waals surface area contributed by atoms with Crippen LogP contribution in [0.1, 0.15) is 39.0 Å². The molecule has 1 aliphatic carbocycles. The number of nitrogens with zero attached hydrogens (tertiary/aromatic N) is 1. The number of aliphatic imine (C=N–C) groups is 1. The number of rotatable bonds is 7. The summed E-state index contributed by atoms with van der Waals surface area (Å²) < 4.78 is 5.51. The lowest BCUT2D eigenvalue weighted by Gasteiger charge is -2.25. The van der Waals surface area contributed by atoms with Crippen LogP contribution in [-0.2, 0) is 4.74 Å². The molecule has 0 bridgehead atoms. The van der Waals surface area contributed by atoms with Gasteiger partial charge < -0.3 is 25.6 Å². The number of guanidine groups is 1. The Bertz CT molecular complexity index is 357. The summed E-state index contributed by atoms with van der Waals surface area (Å²) in [7, 11) is 0. The van der Waals surface area contributed by atoms with E-state index in [2.05, 4.69) is 10.6 Å². The Labute approximate surface area is 133 Å². The van der Waals surface area contributed by atoms with Crippen molar-refractivity contribution in [2.24, 2.45) is 16.3 Å². The van der Waals surface area contributed by atoms with Crippen molar-refractivity contribution in [2.75, 3.05) is 39.5 Å². The predicted octanol–water partition coefficient (Wildman–Crippen LogP) is 0.492. The third-order valence-corrected chi connectivity index (χ3v) is 4.89. The predicted molar refractivity (Wildman–Crippen MR) is 86.9 cm³/mol. The van der Waals surface area contributed by atoms with E-state index in [1.165, 1.54) is 0 Å². The average Bonchev–Trinajstić information content (AvgIpc) is 3.12. The molecule has 0 radical (unpaired) electrons. The fourth-order valence-electron chi connectivity index (χ4n) is 3.36. The molecule has 1 saturated heterocycles. The monoisotopic (exact) mass is 313 g/mol. The van der Waals surface area contributed by atoms with Crippen LogP contribution in [-0.4, -0.2) is 61.7 Å². The standard InChI is InChI=1S/C16H31N3O3/c1-2-17-15(18-10-13-4-3-5-14(13)21)19-11-16(6-8-20)7-9-22-12-16/h13-14,20-21H,2-12H2,1H3,(H2,17,18,19). The Kier molecular flexibility index (Phi) is 6.92. The molecule has 3 unspecified atom stereocenters. The summed E-state index contributed by atoms with van der Waals surface area (Å²) in [6.07, 6.45) is 4.61. The molecule has 0 amide bonds. The third kappa shape index (κ3) is 4.83. The van der Waals surface area contributed by atoms with Gasteiger partial charge in [0.2, 0.25) is 0 Å². The van der Waals surface area contributed by atoms with Gasteiger partial charge in [0.05, 0.1) is 19.3 Å². The Balaban J connectivity index is 1.88. The van der Waals surface area contributed by atoms with Crippen LogP contribution in [0.2, 0.25) is 0 Å². The zero-order valence-corrected chi connectivity index (χ0v) is 13.7. The van der Waals surface area contributed by atoms with Gasteiger partial charge >= 0.3 is 0 Å². The second-order valence-electron chi connectivity index (χ2n) is 6.61. The highest BCUT2D eigenvalue weighted by Gasteiger charge is 2.34. The van der Waals surface area contributed by atoms with Gasteiger partial charge in [0.15, 0.2) is 5.96 Å². The maximum atomic E-state index is 9.90. The van der Waals surface area contributed by atoms with Crippen molar-refractivity contribution >= 4 is 5.96 Å². The summed E-state index contributed by atoms with van der Waals surface area (Å²) in [6, 6.07) is 0. The molecule has 2 rings (SSSR count). The third-order valence-electron chi connectivity index (χ3n) is 4.89. The van der Waals surface area contributed by atoms with Gasteiger partial charge in [0.25, 0.3) is 0 Å². The molecule has 2 aliphatic rings. The zero-order valence-electron chi connectivity index (χ0n) is 13.7. The van der Waals surface area contributed by atoms with Gasteiger partial charge in [-0.05, 0) is 32.6 Å². The van der Waals surface area contributed by atoms with Gasteiger partial charge in [0, 0.05) is 37.6 Å². The van der Waals surface area contributed by atoms with Crippen molar-refractivity contribution in [3.05, 3.63) is 0 Å². The van der Waals surface area contributed by atoms with Gasteiger partial charge in [-0.15, -0.1) is 0 Å². The van der Waals surface area contributed by atoms with E-state index in [9.17, 15) is 10.2 Å². The fraction of sp³-hybridized carbons (Fsp3) is 0.938. The van der Waals surface area contributed by atoms with Crippen molar-refractivity contribution in [3.63, 3.8) is 0 Å². The zero-order chi connectivity index (χ0) is 15.8. The quantitative estimate of drug-likeness (QED) is 0.406. The topological polar surface area (TPSA) is 86.1 Å². The highest BCUT2D eigenvalue weighted by molar-refractivity contribution is 5.79. The van der Waals surface area contributed by atoms with Crippen molar-refractivity contribution in [3.8, 4) is 0 Å². The van der Waals surface area contributed by atoms with Crippen molar-refractivity contribution in [1.29, 1.82) is 0 Å². The van der Waals surface area contributed by atoms with E-state index in [1.54, 1.807) is 0 Å². The molecule has 0 spiro atoms. The first kappa shape index (κ1) is 17.5. The van der Waals surface area contributed by atoms with Crippen LogP contribution < -0.4 is 10.6 Å². The summed E-state index contributed by atoms with van der Waals surface area (Å²) in [6.45, 7) is 5.89. The summed E-state index contributed by atoms with van der Waals surface area (Å²) >= 11 is 0. The van der Waals surface area contributed by atoms with Crippen molar-refractivity contribution in [2.45, 2.75) is 45.1 Å². The molecule has 1 heterocycles. The Morgan fingerprint density at radius 3 is 2.82 bits per heavy atom. The summed E-state index contributed by atoms with van der Waals surface area (Å²) in [5, 5.41) is 25.8. The number of aliphatic hydroxyl groups is 2. The minimum absolute atomic E-state index is 0.0238. The van der Waals surface area contributed by atoms with Crippen LogP contribution in [0.3, 0.4) is 0 Å². The number of ether oxygens (including phenoxy) is 1. The molecule has 0 aromatic heterocycles. The van der Waals surface area contributed by atoms with Gasteiger partial charge in [0.1, 0.15) is 0 Å². The van der Waals surface area contributed by atoms with Crippen LogP contribution in [0.25, 0.3) is 0 Å². The molecule has 22 heavy (non-hydrogen) atoms. The second kappa shape index (κ2) is 8.70. The molecule has 0 aromatic rings. The number of nitrogens with one attached hydrogen (secondary N) is 2. The van der Waals surface area contributed by atoms with E-state index in [-0.39, 0.29) is 18.1 Å². The molecule has 6 nitrogen and oxygen atoms in total. The van der Waals surface area contributed by atoms with Crippen LogP contribution in [0.5, 0.6) is 0 Å². The molecule has 2 fully saturated rings. The molecule has 1 saturated carbocycles. The molecular weight excluding hydrogens is 282 g/mol. The maximum Gasteiger partial charge on any atom is 0.191 e. The molecule has 3 atom stereocenters. The van der Waals surface area contributed by atoms with E-state index < -0.39 is 0 Å². The molecule has 1 aliphatic heterocycles.